The molecule has 1 aliphatic rings. The van der Waals surface area contributed by atoms with Crippen molar-refractivity contribution in [3.05, 3.63) is 54.1 Å². The zero-order valence-corrected chi connectivity index (χ0v) is 11.4. The van der Waals surface area contributed by atoms with Gasteiger partial charge in [0.15, 0.2) is 0 Å². The number of hydrogen-bond donors (Lipinski definition) is 1. The summed E-state index contributed by atoms with van der Waals surface area (Å²) in [7, 11) is 0. The number of hydrogen-bond acceptors (Lipinski definition) is 3. The fraction of sp³-hybridized carbons (Fsp3) is 0.125. The maximum atomic E-state index is 12.1. The molecule has 0 bridgehead atoms. The Bertz CT molecular complexity index is 714. The van der Waals surface area contributed by atoms with Crippen LogP contribution in [0.4, 0.5) is 20.2 Å². The topological polar surface area (TPSA) is 50.7 Å². The molecule has 22 heavy (non-hydrogen) atoms. The third-order valence-corrected chi connectivity index (χ3v) is 3.27. The van der Waals surface area contributed by atoms with Gasteiger partial charge < -0.3 is 10.1 Å². The van der Waals surface area contributed by atoms with Gasteiger partial charge in [-0.2, -0.15) is 8.78 Å². The predicted molar refractivity (Wildman–Crippen MR) is 79.0 cm³/mol. The zero-order chi connectivity index (χ0) is 15.5. The molecule has 2 aromatic rings. The van der Waals surface area contributed by atoms with E-state index >= 15 is 0 Å². The molecule has 3 rings (SSSR count). The summed E-state index contributed by atoms with van der Waals surface area (Å²) in [5.41, 5.74) is 2.21. The third-order valence-electron chi connectivity index (χ3n) is 3.27. The van der Waals surface area contributed by atoms with Gasteiger partial charge in [0.2, 0.25) is 5.91 Å². The molecule has 0 radical (unpaired) electrons. The Balaban J connectivity index is 1.75. The second-order valence-electron chi connectivity index (χ2n) is 4.70. The molecule has 0 saturated carbocycles. The van der Waals surface area contributed by atoms with Crippen LogP contribution in [-0.4, -0.2) is 18.7 Å². The van der Waals surface area contributed by atoms with Gasteiger partial charge in [0.05, 0.1) is 5.69 Å². The first-order chi connectivity index (χ1) is 10.6. The van der Waals surface area contributed by atoms with Crippen LogP contribution in [0.25, 0.3) is 0 Å². The van der Waals surface area contributed by atoms with Crippen LogP contribution < -0.4 is 10.1 Å². The highest BCUT2D eigenvalue weighted by molar-refractivity contribution is 6.12. The molecule has 1 heterocycles. The normalized spacial score (nSPS) is 16.9. The first-order valence-corrected chi connectivity index (χ1v) is 6.62. The lowest BCUT2D eigenvalue weighted by Gasteiger charge is -2.04. The molecule has 1 aliphatic heterocycles. The number of nitrogens with one attached hydrogen (secondary N) is 1. The summed E-state index contributed by atoms with van der Waals surface area (Å²) >= 11 is 0. The van der Waals surface area contributed by atoms with Crippen LogP contribution >= 0.6 is 0 Å². The van der Waals surface area contributed by atoms with Gasteiger partial charge in [-0.15, -0.1) is 0 Å². The van der Waals surface area contributed by atoms with Crippen molar-refractivity contribution in [2.45, 2.75) is 12.5 Å². The molecule has 6 heteroatoms. The van der Waals surface area contributed by atoms with Crippen molar-refractivity contribution in [2.24, 2.45) is 4.99 Å². The Morgan fingerprint density at radius 2 is 1.86 bits per heavy atom. The monoisotopic (exact) mass is 302 g/mol. The van der Waals surface area contributed by atoms with Gasteiger partial charge in [0.25, 0.3) is 0 Å². The average Bonchev–Trinajstić information content (AvgIpc) is 2.81. The smallest absolute Gasteiger partial charge is 0.387 e. The lowest BCUT2D eigenvalue weighted by molar-refractivity contribution is -0.115. The van der Waals surface area contributed by atoms with Crippen molar-refractivity contribution < 1.29 is 18.3 Å². The summed E-state index contributed by atoms with van der Waals surface area (Å²) in [4.78, 5) is 16.2. The Morgan fingerprint density at radius 3 is 2.59 bits per heavy atom. The zero-order valence-electron chi connectivity index (χ0n) is 11.4. The van der Waals surface area contributed by atoms with Gasteiger partial charge in [-0.25, -0.2) is 0 Å². The van der Waals surface area contributed by atoms with Crippen molar-refractivity contribution in [1.82, 2.24) is 0 Å². The van der Waals surface area contributed by atoms with Gasteiger partial charge in [0, 0.05) is 11.9 Å². The molecule has 0 fully saturated rings. The summed E-state index contributed by atoms with van der Waals surface area (Å²) < 4.78 is 28.4. The standard InChI is InChI=1S/C16H12F2N2O2/c17-16(18)22-11-7-5-10(6-8-11)19-9-13-12-3-1-2-4-14(12)20-15(13)21/h1-9,13,16H,(H,20,21). The van der Waals surface area contributed by atoms with E-state index in [9.17, 15) is 13.6 Å². The lowest BCUT2D eigenvalue weighted by atomic mass is 10.0. The van der Waals surface area contributed by atoms with Crippen LogP contribution in [0.3, 0.4) is 0 Å². The van der Waals surface area contributed by atoms with E-state index in [-0.39, 0.29) is 11.7 Å². The molecule has 4 nitrogen and oxygen atoms in total. The van der Waals surface area contributed by atoms with E-state index in [4.69, 9.17) is 0 Å². The summed E-state index contributed by atoms with van der Waals surface area (Å²) in [6.45, 7) is -2.85. The molecular formula is C16H12F2N2O2. The molecule has 0 aromatic heterocycles. The van der Waals surface area contributed by atoms with Gasteiger partial charge in [-0.1, -0.05) is 18.2 Å². The number of rotatable bonds is 4. The van der Waals surface area contributed by atoms with E-state index in [1.165, 1.54) is 12.1 Å². The Kier molecular flexibility index (Phi) is 3.82. The van der Waals surface area contributed by atoms with Gasteiger partial charge in [-0.05, 0) is 35.9 Å². The average molecular weight is 302 g/mol. The number of carbonyl (C=O) groups is 1. The van der Waals surface area contributed by atoms with Crippen molar-refractivity contribution >= 4 is 23.5 Å². The summed E-state index contributed by atoms with van der Waals surface area (Å²) in [5, 5.41) is 2.78. The van der Waals surface area contributed by atoms with Gasteiger partial charge >= 0.3 is 6.61 Å². The quantitative estimate of drug-likeness (QED) is 0.875. The Labute approximate surface area is 125 Å². The maximum absolute atomic E-state index is 12.1. The van der Waals surface area contributed by atoms with Crippen LogP contribution in [0.1, 0.15) is 11.5 Å². The number of ether oxygens (including phenoxy) is 1. The van der Waals surface area contributed by atoms with E-state index in [1.54, 1.807) is 18.3 Å². The number of anilines is 1. The first-order valence-electron chi connectivity index (χ1n) is 6.62. The number of alkyl halides is 2. The largest absolute Gasteiger partial charge is 0.435 e. The molecule has 0 spiro atoms. The predicted octanol–water partition coefficient (Wildman–Crippen LogP) is 3.73. The van der Waals surface area contributed by atoms with Crippen LogP contribution in [0.5, 0.6) is 5.75 Å². The van der Waals surface area contributed by atoms with E-state index in [1.807, 2.05) is 24.3 Å². The number of amides is 1. The van der Waals surface area contributed by atoms with E-state index < -0.39 is 12.5 Å². The summed E-state index contributed by atoms with van der Waals surface area (Å²) in [6, 6.07) is 13.3. The minimum absolute atomic E-state index is 0.0675. The molecule has 1 amide bonds. The summed E-state index contributed by atoms with van der Waals surface area (Å²) in [5.74, 6) is -0.520. The van der Waals surface area contributed by atoms with Crippen LogP contribution in [-0.2, 0) is 4.79 Å². The SMILES string of the molecule is O=C1Nc2ccccc2C1C=Nc1ccc(OC(F)F)cc1. The summed E-state index contributed by atoms with van der Waals surface area (Å²) in [6.07, 6.45) is 1.55. The lowest BCUT2D eigenvalue weighted by Crippen LogP contribution is -2.12. The highest BCUT2D eigenvalue weighted by atomic mass is 19.3. The van der Waals surface area contributed by atoms with Gasteiger partial charge in [0.1, 0.15) is 11.7 Å². The van der Waals surface area contributed by atoms with Gasteiger partial charge in [-0.3, -0.25) is 9.79 Å². The molecular weight excluding hydrogens is 290 g/mol. The van der Waals surface area contributed by atoms with E-state index in [2.05, 4.69) is 15.0 Å². The highest BCUT2D eigenvalue weighted by Gasteiger charge is 2.28. The van der Waals surface area contributed by atoms with Crippen molar-refractivity contribution in [3.63, 3.8) is 0 Å². The fourth-order valence-corrected chi connectivity index (χ4v) is 2.26. The van der Waals surface area contributed by atoms with Crippen LogP contribution in [0, 0.1) is 0 Å². The Hall–Kier alpha value is -2.76. The fourth-order valence-electron chi connectivity index (χ4n) is 2.26. The minimum atomic E-state index is -2.85. The number of carbonyl (C=O) groups excluding carboxylic acids is 1. The minimum Gasteiger partial charge on any atom is -0.435 e. The molecule has 1 N–H and O–H groups in total. The maximum Gasteiger partial charge on any atom is 0.387 e. The van der Waals surface area contributed by atoms with Crippen LogP contribution in [0.15, 0.2) is 53.5 Å². The Morgan fingerprint density at radius 1 is 1.14 bits per heavy atom. The van der Waals surface area contributed by atoms with E-state index in [0.29, 0.717) is 5.69 Å². The molecule has 112 valence electrons. The van der Waals surface area contributed by atoms with Crippen molar-refractivity contribution in [1.29, 1.82) is 0 Å². The second kappa shape index (κ2) is 5.93. The number of fused-ring (bicyclic) bond motifs is 1. The second-order valence-corrected chi connectivity index (χ2v) is 4.70. The van der Waals surface area contributed by atoms with Crippen molar-refractivity contribution in [3.8, 4) is 5.75 Å². The number of para-hydroxylation sites is 1. The molecule has 2 aromatic carbocycles. The number of benzene rings is 2. The highest BCUT2D eigenvalue weighted by Crippen LogP contribution is 2.31. The molecule has 1 atom stereocenters. The number of halogens is 2. The first kappa shape index (κ1) is 14.2. The van der Waals surface area contributed by atoms with E-state index in [0.717, 1.165) is 11.3 Å². The van der Waals surface area contributed by atoms with Crippen LogP contribution in [0.2, 0.25) is 0 Å². The molecule has 0 aliphatic carbocycles. The third kappa shape index (κ3) is 2.95. The van der Waals surface area contributed by atoms with Crippen molar-refractivity contribution in [2.75, 3.05) is 5.32 Å². The molecule has 0 saturated heterocycles. The number of aliphatic imine (C=N–C) groups is 1. The molecule has 1 unspecified atom stereocenters. The number of nitrogens with zero attached hydrogens (tertiary/aromatic N) is 1.